The van der Waals surface area contributed by atoms with Gasteiger partial charge in [-0.3, -0.25) is 0 Å². The standard InChI is InChI=1S/C36H52Cl4O4/c1-23-9-3-5-11-27(13-7-15-33(37)38)36-31(43)21-26(22-32(36)44)18-24(2)10-4-6-12-28(14-8-16-34(39)40)35-29(41)19-25(17-23)20-30(35)42/h19-24,27-28,33-34,41-44H,3-18H2,1-2H3/t23-,24-,27+,28+/m0/s1. The van der Waals surface area contributed by atoms with Crippen molar-refractivity contribution in [3.05, 3.63) is 46.5 Å². The summed E-state index contributed by atoms with van der Waals surface area (Å²) >= 11 is 24.0. The zero-order valence-electron chi connectivity index (χ0n) is 26.4. The molecule has 8 heteroatoms. The van der Waals surface area contributed by atoms with Crippen molar-refractivity contribution in [1.29, 1.82) is 0 Å². The monoisotopic (exact) mass is 688 g/mol. The summed E-state index contributed by atoms with van der Waals surface area (Å²) in [4.78, 5) is -0.840. The van der Waals surface area contributed by atoms with Crippen molar-refractivity contribution in [3.8, 4) is 23.0 Å². The van der Waals surface area contributed by atoms with Crippen LogP contribution in [0.3, 0.4) is 0 Å². The first-order valence-electron chi connectivity index (χ1n) is 16.6. The van der Waals surface area contributed by atoms with Gasteiger partial charge in [0.1, 0.15) is 32.7 Å². The van der Waals surface area contributed by atoms with Crippen molar-refractivity contribution >= 4 is 46.4 Å². The van der Waals surface area contributed by atoms with Gasteiger partial charge >= 0.3 is 0 Å². The average Bonchev–Trinajstić information content (AvgIpc) is 2.91. The molecular formula is C36H52Cl4O4. The van der Waals surface area contributed by atoms with Gasteiger partial charge in [-0.05, 0) is 110 Å². The highest BCUT2D eigenvalue weighted by atomic mass is 35.5. The number of rotatable bonds is 8. The highest BCUT2D eigenvalue weighted by Gasteiger charge is 2.24. The zero-order chi connectivity index (χ0) is 32.2. The van der Waals surface area contributed by atoms with E-state index in [1.54, 1.807) is 0 Å². The quantitative estimate of drug-likeness (QED) is 0.208. The number of benzene rings is 2. The molecule has 2 aromatic carbocycles. The van der Waals surface area contributed by atoms with Gasteiger partial charge in [0.05, 0.1) is 0 Å². The third-order valence-electron chi connectivity index (χ3n) is 9.33. The summed E-state index contributed by atoms with van der Waals surface area (Å²) < 4.78 is 0. The van der Waals surface area contributed by atoms with Crippen LogP contribution in [0.1, 0.15) is 138 Å². The summed E-state index contributed by atoms with van der Waals surface area (Å²) in [5, 5.41) is 44.4. The van der Waals surface area contributed by atoms with Crippen molar-refractivity contribution in [2.24, 2.45) is 11.8 Å². The topological polar surface area (TPSA) is 80.9 Å². The van der Waals surface area contributed by atoms with E-state index in [-0.39, 0.29) is 34.8 Å². The molecule has 4 nitrogen and oxygen atoms in total. The lowest BCUT2D eigenvalue weighted by atomic mass is 9.84. The number of phenolic OH excluding ortho intramolecular Hbond substituents is 4. The Hall–Kier alpha value is -1.20. The molecule has 2 aromatic rings. The third kappa shape index (κ3) is 12.2. The van der Waals surface area contributed by atoms with E-state index in [0.717, 1.165) is 101 Å². The second kappa shape index (κ2) is 18.8. The molecule has 4 bridgehead atoms. The lowest BCUT2D eigenvalue weighted by molar-refractivity contribution is 0.397. The van der Waals surface area contributed by atoms with Gasteiger partial charge in [0.2, 0.25) is 0 Å². The first-order chi connectivity index (χ1) is 20.9. The fraction of sp³-hybridized carbons (Fsp3) is 0.667. The molecule has 0 radical (unpaired) electrons. The van der Waals surface area contributed by atoms with Gasteiger partial charge in [0.25, 0.3) is 0 Å². The van der Waals surface area contributed by atoms with E-state index in [4.69, 9.17) is 46.4 Å². The van der Waals surface area contributed by atoms with Crippen LogP contribution in [0.4, 0.5) is 0 Å². The summed E-state index contributed by atoms with van der Waals surface area (Å²) in [7, 11) is 0. The predicted molar refractivity (Wildman–Crippen MR) is 186 cm³/mol. The van der Waals surface area contributed by atoms with Crippen molar-refractivity contribution < 1.29 is 20.4 Å². The van der Waals surface area contributed by atoms with Crippen molar-refractivity contribution in [2.75, 3.05) is 0 Å². The largest absolute Gasteiger partial charge is 0.508 e. The van der Waals surface area contributed by atoms with E-state index in [2.05, 4.69) is 13.8 Å². The molecule has 0 saturated heterocycles. The van der Waals surface area contributed by atoms with Gasteiger partial charge in [-0.15, -0.1) is 46.4 Å². The van der Waals surface area contributed by atoms with Crippen LogP contribution in [0.25, 0.3) is 0 Å². The zero-order valence-corrected chi connectivity index (χ0v) is 29.4. The Kier molecular flexibility index (Phi) is 15.9. The van der Waals surface area contributed by atoms with Gasteiger partial charge in [0.15, 0.2) is 0 Å². The Bertz CT molecular complexity index is 1020. The molecule has 248 valence electrons. The molecule has 0 fully saturated rings. The van der Waals surface area contributed by atoms with Crippen LogP contribution in [-0.2, 0) is 12.8 Å². The second-order valence-corrected chi connectivity index (χ2v) is 15.9. The number of hydrogen-bond acceptors (Lipinski definition) is 4. The Morgan fingerprint density at radius 2 is 0.886 bits per heavy atom. The SMILES string of the molecule is C[C@H]1CCCC[C@H](CCCC(Cl)Cl)c2c(O)cc(cc2O)C[C@@H](C)CCCC[C@H](CCCC(Cl)Cl)c2c(O)cc(cc2O)C1. The second-order valence-electron chi connectivity index (χ2n) is 13.3. The van der Waals surface area contributed by atoms with Crippen molar-refractivity contribution in [3.63, 3.8) is 0 Å². The lowest BCUT2D eigenvalue weighted by Crippen LogP contribution is -2.07. The van der Waals surface area contributed by atoms with Gasteiger partial charge in [0, 0.05) is 11.1 Å². The van der Waals surface area contributed by atoms with Crippen LogP contribution in [-0.4, -0.2) is 30.1 Å². The number of aromatic hydroxyl groups is 4. The van der Waals surface area contributed by atoms with Crippen molar-refractivity contribution in [2.45, 2.75) is 138 Å². The highest BCUT2D eigenvalue weighted by molar-refractivity contribution is 6.44. The number of alkyl halides is 4. The lowest BCUT2D eigenvalue weighted by Gasteiger charge is -2.23. The van der Waals surface area contributed by atoms with Crippen LogP contribution < -0.4 is 0 Å². The first-order valence-corrected chi connectivity index (χ1v) is 18.3. The van der Waals surface area contributed by atoms with Gasteiger partial charge in [-0.25, -0.2) is 0 Å². The molecule has 0 aromatic heterocycles. The van der Waals surface area contributed by atoms with Crippen LogP contribution >= 0.6 is 46.4 Å². The normalized spacial score (nSPS) is 22.7. The summed E-state index contributed by atoms with van der Waals surface area (Å²) in [5.74, 6) is 1.52. The molecule has 4 aliphatic carbocycles. The van der Waals surface area contributed by atoms with Gasteiger partial charge in [-0.2, -0.15) is 0 Å². The van der Waals surface area contributed by atoms with E-state index in [0.29, 0.717) is 35.8 Å². The first kappa shape index (κ1) is 37.3. The predicted octanol–water partition coefficient (Wildman–Crippen LogP) is 11.8. The minimum absolute atomic E-state index is 0.0239. The fourth-order valence-electron chi connectivity index (χ4n) is 7.11. The molecule has 0 aliphatic heterocycles. The third-order valence-corrected chi connectivity index (χ3v) is 10.2. The van der Waals surface area contributed by atoms with Crippen LogP contribution in [0, 0.1) is 11.8 Å². The maximum atomic E-state index is 11.1. The van der Waals surface area contributed by atoms with Crippen molar-refractivity contribution in [1.82, 2.24) is 0 Å². The summed E-state index contributed by atoms with van der Waals surface area (Å²) in [5.41, 5.74) is 3.17. The maximum Gasteiger partial charge on any atom is 0.123 e. The summed E-state index contributed by atoms with van der Waals surface area (Å²) in [6.07, 6.45) is 13.7. The van der Waals surface area contributed by atoms with E-state index >= 15 is 0 Å². The number of halogens is 4. The van der Waals surface area contributed by atoms with E-state index in [1.807, 2.05) is 24.3 Å². The molecule has 0 spiro atoms. The Morgan fingerprint density at radius 3 is 1.20 bits per heavy atom. The summed E-state index contributed by atoms with van der Waals surface area (Å²) in [6.45, 7) is 4.40. The molecule has 0 saturated carbocycles. The average molecular weight is 691 g/mol. The number of phenols is 4. The fourth-order valence-corrected chi connectivity index (χ4v) is 7.73. The molecule has 0 heterocycles. The molecular weight excluding hydrogens is 638 g/mol. The summed E-state index contributed by atoms with van der Waals surface area (Å²) in [6, 6.07) is 7.35. The van der Waals surface area contributed by atoms with Crippen LogP contribution in [0.15, 0.2) is 24.3 Å². The number of hydrogen-bond donors (Lipinski definition) is 4. The van der Waals surface area contributed by atoms with Gasteiger partial charge in [-0.1, -0.05) is 65.2 Å². The van der Waals surface area contributed by atoms with Gasteiger partial charge < -0.3 is 20.4 Å². The minimum atomic E-state index is -0.420. The smallest absolute Gasteiger partial charge is 0.123 e. The van der Waals surface area contributed by atoms with E-state index in [9.17, 15) is 20.4 Å². The van der Waals surface area contributed by atoms with E-state index < -0.39 is 9.67 Å². The van der Waals surface area contributed by atoms with Crippen LogP contribution in [0.2, 0.25) is 0 Å². The molecule has 6 rings (SSSR count). The molecule has 0 unspecified atom stereocenters. The molecule has 0 amide bonds. The Balaban J connectivity index is 1.83. The minimum Gasteiger partial charge on any atom is -0.508 e. The molecule has 4 aliphatic rings. The molecule has 4 N–H and O–H groups in total. The Morgan fingerprint density at radius 1 is 0.568 bits per heavy atom. The van der Waals surface area contributed by atoms with Crippen LogP contribution in [0.5, 0.6) is 23.0 Å². The molecule has 44 heavy (non-hydrogen) atoms. The van der Waals surface area contributed by atoms with E-state index in [1.165, 1.54) is 0 Å². The Labute approximate surface area is 285 Å². The highest BCUT2D eigenvalue weighted by Crippen LogP contribution is 2.43. The molecule has 4 atom stereocenters. The maximum absolute atomic E-state index is 11.1.